The molecule has 1 aromatic rings. The summed E-state index contributed by atoms with van der Waals surface area (Å²) < 4.78 is 0. The highest BCUT2D eigenvalue weighted by Crippen LogP contribution is 2.18. The average Bonchev–Trinajstić information content (AvgIpc) is 2.37. The quantitative estimate of drug-likeness (QED) is 0.867. The number of nitrogens with one attached hydrogen (secondary N) is 1. The Morgan fingerprint density at radius 2 is 2.00 bits per heavy atom. The molecule has 0 fully saturated rings. The summed E-state index contributed by atoms with van der Waals surface area (Å²) in [6.07, 6.45) is 0.875. The highest BCUT2D eigenvalue weighted by molar-refractivity contribution is 5.94. The number of amides is 2. The van der Waals surface area contributed by atoms with E-state index in [0.717, 1.165) is 12.0 Å². The van der Waals surface area contributed by atoms with Crippen molar-refractivity contribution in [2.24, 2.45) is 0 Å². The third-order valence-corrected chi connectivity index (χ3v) is 3.07. The molecule has 0 heterocycles. The first-order chi connectivity index (χ1) is 9.36. The molecule has 0 aromatic heterocycles. The Morgan fingerprint density at radius 1 is 1.35 bits per heavy atom. The maximum atomic E-state index is 12.2. The molecule has 5 nitrogen and oxygen atoms in total. The van der Waals surface area contributed by atoms with Crippen LogP contribution in [0.25, 0.3) is 0 Å². The zero-order valence-corrected chi connectivity index (χ0v) is 12.4. The van der Waals surface area contributed by atoms with E-state index in [9.17, 15) is 9.59 Å². The minimum Gasteiger partial charge on any atom is -0.478 e. The van der Waals surface area contributed by atoms with Gasteiger partial charge < -0.3 is 15.3 Å². The van der Waals surface area contributed by atoms with Crippen molar-refractivity contribution in [2.75, 3.05) is 11.9 Å². The Bertz CT molecular complexity index is 498. The third-order valence-electron chi connectivity index (χ3n) is 3.07. The highest BCUT2D eigenvalue weighted by atomic mass is 16.4. The predicted octanol–water partition coefficient (Wildman–Crippen LogP) is 3.35. The molecule has 0 unspecified atom stereocenters. The number of carboxylic acids is 1. The molecule has 5 heteroatoms. The molecule has 2 amide bonds. The van der Waals surface area contributed by atoms with Gasteiger partial charge in [-0.15, -0.1) is 0 Å². The minimum atomic E-state index is -1.00. The molecular formula is C15H22N2O3. The first kappa shape index (κ1) is 16.0. The van der Waals surface area contributed by atoms with Crippen LogP contribution in [0.15, 0.2) is 18.2 Å². The van der Waals surface area contributed by atoms with Crippen LogP contribution in [0.3, 0.4) is 0 Å². The van der Waals surface area contributed by atoms with Crippen LogP contribution in [0.4, 0.5) is 10.5 Å². The van der Waals surface area contributed by atoms with E-state index in [-0.39, 0.29) is 17.6 Å². The van der Waals surface area contributed by atoms with E-state index < -0.39 is 5.97 Å². The number of anilines is 1. The molecule has 0 atom stereocenters. The lowest BCUT2D eigenvalue weighted by Gasteiger charge is -2.26. The minimum absolute atomic E-state index is 0.0953. The van der Waals surface area contributed by atoms with Gasteiger partial charge >= 0.3 is 12.0 Å². The van der Waals surface area contributed by atoms with Crippen molar-refractivity contribution < 1.29 is 14.7 Å². The first-order valence-corrected chi connectivity index (χ1v) is 6.78. The van der Waals surface area contributed by atoms with Crippen LogP contribution in [0.2, 0.25) is 0 Å². The number of hydrogen-bond donors (Lipinski definition) is 2. The van der Waals surface area contributed by atoms with E-state index in [1.165, 1.54) is 12.1 Å². The lowest BCUT2D eigenvalue weighted by atomic mass is 10.1. The Morgan fingerprint density at radius 3 is 2.50 bits per heavy atom. The van der Waals surface area contributed by atoms with Gasteiger partial charge in [-0.2, -0.15) is 0 Å². The van der Waals surface area contributed by atoms with Crippen LogP contribution in [0.1, 0.15) is 43.1 Å². The Hall–Kier alpha value is -2.04. The number of rotatable bonds is 5. The molecule has 20 heavy (non-hydrogen) atoms. The summed E-state index contributed by atoms with van der Waals surface area (Å²) in [7, 11) is 0. The Kier molecular flexibility index (Phi) is 5.55. The number of carbonyl (C=O) groups is 2. The largest absolute Gasteiger partial charge is 0.478 e. The van der Waals surface area contributed by atoms with Gasteiger partial charge in [0.25, 0.3) is 0 Å². The number of aryl methyl sites for hydroxylation is 1. The van der Waals surface area contributed by atoms with Crippen LogP contribution < -0.4 is 5.32 Å². The van der Waals surface area contributed by atoms with E-state index >= 15 is 0 Å². The first-order valence-electron chi connectivity index (χ1n) is 6.78. The van der Waals surface area contributed by atoms with Gasteiger partial charge in [0, 0.05) is 18.3 Å². The normalized spacial score (nSPS) is 10.4. The molecule has 0 spiro atoms. The molecule has 0 aliphatic heterocycles. The maximum Gasteiger partial charge on any atom is 0.335 e. The number of hydrogen-bond acceptors (Lipinski definition) is 2. The van der Waals surface area contributed by atoms with Gasteiger partial charge in [-0.25, -0.2) is 9.59 Å². The fourth-order valence-corrected chi connectivity index (χ4v) is 1.91. The summed E-state index contributed by atoms with van der Waals surface area (Å²) in [5.74, 6) is -1.00. The second-order valence-corrected chi connectivity index (χ2v) is 5.05. The van der Waals surface area contributed by atoms with E-state index in [2.05, 4.69) is 5.32 Å². The molecule has 1 rings (SSSR count). The second kappa shape index (κ2) is 6.93. The standard InChI is InChI=1S/C15H22N2O3/c1-5-8-17(10(2)3)15(20)16-13-9-12(14(18)19)7-6-11(13)4/h6-7,9-10H,5,8H2,1-4H3,(H,16,20)(H,18,19). The topological polar surface area (TPSA) is 69.6 Å². The number of nitrogens with zero attached hydrogens (tertiary/aromatic N) is 1. The molecular weight excluding hydrogens is 256 g/mol. The summed E-state index contributed by atoms with van der Waals surface area (Å²) in [4.78, 5) is 24.9. The summed E-state index contributed by atoms with van der Waals surface area (Å²) >= 11 is 0. The monoisotopic (exact) mass is 278 g/mol. The van der Waals surface area contributed by atoms with Crippen molar-refractivity contribution in [2.45, 2.75) is 40.2 Å². The van der Waals surface area contributed by atoms with Gasteiger partial charge in [-0.05, 0) is 44.9 Å². The number of benzene rings is 1. The third kappa shape index (κ3) is 3.98. The summed E-state index contributed by atoms with van der Waals surface area (Å²) in [5.41, 5.74) is 1.54. The fraction of sp³-hybridized carbons (Fsp3) is 0.467. The molecule has 2 N–H and O–H groups in total. The molecule has 0 aliphatic rings. The van der Waals surface area contributed by atoms with Crippen molar-refractivity contribution in [3.8, 4) is 0 Å². The van der Waals surface area contributed by atoms with E-state index in [1.54, 1.807) is 11.0 Å². The number of aromatic carboxylic acids is 1. The molecule has 1 aromatic carbocycles. The Balaban J connectivity index is 2.94. The van der Waals surface area contributed by atoms with Crippen LogP contribution in [0, 0.1) is 6.92 Å². The lowest BCUT2D eigenvalue weighted by Crippen LogP contribution is -2.40. The second-order valence-electron chi connectivity index (χ2n) is 5.05. The van der Waals surface area contributed by atoms with E-state index in [0.29, 0.717) is 12.2 Å². The smallest absolute Gasteiger partial charge is 0.335 e. The zero-order valence-electron chi connectivity index (χ0n) is 12.4. The summed E-state index contributed by atoms with van der Waals surface area (Å²) in [6, 6.07) is 4.60. The van der Waals surface area contributed by atoms with Crippen LogP contribution in [-0.4, -0.2) is 34.6 Å². The predicted molar refractivity (Wildman–Crippen MR) is 79.3 cm³/mol. The van der Waals surface area contributed by atoms with Crippen molar-refractivity contribution in [1.29, 1.82) is 0 Å². The lowest BCUT2D eigenvalue weighted by molar-refractivity contribution is 0.0697. The fourth-order valence-electron chi connectivity index (χ4n) is 1.91. The zero-order chi connectivity index (χ0) is 15.3. The Labute approximate surface area is 119 Å². The van der Waals surface area contributed by atoms with E-state index in [4.69, 9.17) is 5.11 Å². The van der Waals surface area contributed by atoms with Crippen molar-refractivity contribution in [3.05, 3.63) is 29.3 Å². The molecule has 0 bridgehead atoms. The van der Waals surface area contributed by atoms with Gasteiger partial charge in [0.05, 0.1) is 5.56 Å². The molecule has 0 saturated carbocycles. The summed E-state index contributed by atoms with van der Waals surface area (Å²) in [5, 5.41) is 11.8. The molecule has 0 aliphatic carbocycles. The molecule has 110 valence electrons. The maximum absolute atomic E-state index is 12.2. The van der Waals surface area contributed by atoms with E-state index in [1.807, 2.05) is 27.7 Å². The van der Waals surface area contributed by atoms with Gasteiger partial charge in [-0.1, -0.05) is 13.0 Å². The van der Waals surface area contributed by atoms with Crippen LogP contribution in [-0.2, 0) is 0 Å². The number of urea groups is 1. The highest BCUT2D eigenvalue weighted by Gasteiger charge is 2.17. The van der Waals surface area contributed by atoms with Gasteiger partial charge in [-0.3, -0.25) is 0 Å². The number of carboxylic acid groups (broad SMARTS) is 1. The van der Waals surface area contributed by atoms with Crippen molar-refractivity contribution >= 4 is 17.7 Å². The van der Waals surface area contributed by atoms with Gasteiger partial charge in [0.2, 0.25) is 0 Å². The number of carbonyl (C=O) groups excluding carboxylic acids is 1. The van der Waals surface area contributed by atoms with Gasteiger partial charge in [0.15, 0.2) is 0 Å². The SMILES string of the molecule is CCCN(C(=O)Nc1cc(C(=O)O)ccc1C)C(C)C. The van der Waals surface area contributed by atoms with Crippen molar-refractivity contribution in [3.63, 3.8) is 0 Å². The average molecular weight is 278 g/mol. The van der Waals surface area contributed by atoms with Crippen LogP contribution >= 0.6 is 0 Å². The van der Waals surface area contributed by atoms with Gasteiger partial charge in [0.1, 0.15) is 0 Å². The van der Waals surface area contributed by atoms with Crippen molar-refractivity contribution in [1.82, 2.24) is 4.90 Å². The summed E-state index contributed by atoms with van der Waals surface area (Å²) in [6.45, 7) is 8.42. The molecule has 0 radical (unpaired) electrons. The molecule has 0 saturated heterocycles. The van der Waals surface area contributed by atoms with Crippen LogP contribution in [0.5, 0.6) is 0 Å².